The monoisotopic (exact) mass is 278 g/mol. The van der Waals surface area contributed by atoms with Gasteiger partial charge in [0.2, 0.25) is 0 Å². The number of halogens is 1. The van der Waals surface area contributed by atoms with Crippen molar-refractivity contribution in [3.63, 3.8) is 0 Å². The molecular formula is C14H19FN4O. The van der Waals surface area contributed by atoms with E-state index in [1.54, 1.807) is 18.6 Å². The Morgan fingerprint density at radius 1 is 1.45 bits per heavy atom. The second kappa shape index (κ2) is 6.27. The highest BCUT2D eigenvalue weighted by Crippen LogP contribution is 2.28. The predicted molar refractivity (Wildman–Crippen MR) is 77.3 cm³/mol. The van der Waals surface area contributed by atoms with Crippen molar-refractivity contribution in [2.24, 2.45) is 0 Å². The zero-order chi connectivity index (χ0) is 14.5. The Bertz CT molecular complexity index is 555. The molecule has 0 bridgehead atoms. The van der Waals surface area contributed by atoms with E-state index in [4.69, 9.17) is 10.5 Å². The first-order valence-electron chi connectivity index (χ1n) is 6.51. The Labute approximate surface area is 117 Å². The van der Waals surface area contributed by atoms with E-state index in [0.29, 0.717) is 17.9 Å². The normalized spacial score (nSPS) is 10.8. The summed E-state index contributed by atoms with van der Waals surface area (Å²) in [7, 11) is 0. The molecule has 5 nitrogen and oxygen atoms in total. The van der Waals surface area contributed by atoms with Gasteiger partial charge < -0.3 is 20.4 Å². The zero-order valence-electron chi connectivity index (χ0n) is 11.6. The van der Waals surface area contributed by atoms with E-state index < -0.39 is 5.82 Å². The molecule has 3 N–H and O–H groups in total. The Morgan fingerprint density at radius 3 is 2.90 bits per heavy atom. The summed E-state index contributed by atoms with van der Waals surface area (Å²) >= 11 is 0. The van der Waals surface area contributed by atoms with Crippen LogP contribution < -0.4 is 15.8 Å². The Balaban J connectivity index is 2.02. The predicted octanol–water partition coefficient (Wildman–Crippen LogP) is 2.50. The van der Waals surface area contributed by atoms with Crippen molar-refractivity contribution in [2.75, 3.05) is 17.6 Å². The molecule has 0 atom stereocenters. The molecule has 1 heterocycles. The Morgan fingerprint density at radius 2 is 2.25 bits per heavy atom. The minimum atomic E-state index is -0.448. The van der Waals surface area contributed by atoms with E-state index in [1.165, 1.54) is 6.07 Å². The SMILES string of the molecule is CC(C)Oc1cc(NCCn2ccnc2)c(N)cc1F. The quantitative estimate of drug-likeness (QED) is 0.797. The van der Waals surface area contributed by atoms with E-state index >= 15 is 0 Å². The maximum atomic E-state index is 13.7. The van der Waals surface area contributed by atoms with E-state index in [0.717, 1.165) is 6.54 Å². The highest BCUT2D eigenvalue weighted by molar-refractivity contribution is 5.68. The summed E-state index contributed by atoms with van der Waals surface area (Å²) < 4.78 is 21.0. The number of aromatic nitrogens is 2. The van der Waals surface area contributed by atoms with Crippen LogP contribution in [-0.2, 0) is 6.54 Å². The van der Waals surface area contributed by atoms with Crippen LogP contribution in [0.2, 0.25) is 0 Å². The van der Waals surface area contributed by atoms with Crippen molar-refractivity contribution in [2.45, 2.75) is 26.5 Å². The fourth-order valence-electron chi connectivity index (χ4n) is 1.80. The smallest absolute Gasteiger partial charge is 0.167 e. The van der Waals surface area contributed by atoms with Gasteiger partial charge in [0.15, 0.2) is 11.6 Å². The number of ether oxygens (including phenoxy) is 1. The second-order valence-electron chi connectivity index (χ2n) is 4.76. The van der Waals surface area contributed by atoms with Gasteiger partial charge >= 0.3 is 0 Å². The lowest BCUT2D eigenvalue weighted by molar-refractivity contribution is 0.231. The summed E-state index contributed by atoms with van der Waals surface area (Å²) in [5.74, 6) is -0.240. The van der Waals surface area contributed by atoms with Crippen LogP contribution in [0.4, 0.5) is 15.8 Å². The Hall–Kier alpha value is -2.24. The minimum Gasteiger partial charge on any atom is -0.488 e. The maximum Gasteiger partial charge on any atom is 0.167 e. The molecule has 0 aliphatic carbocycles. The molecule has 2 rings (SSSR count). The molecule has 0 saturated heterocycles. The number of benzene rings is 1. The maximum absolute atomic E-state index is 13.7. The highest BCUT2D eigenvalue weighted by Gasteiger charge is 2.10. The third-order valence-electron chi connectivity index (χ3n) is 2.71. The molecule has 20 heavy (non-hydrogen) atoms. The van der Waals surface area contributed by atoms with Gasteiger partial charge in [0.1, 0.15) is 0 Å². The minimum absolute atomic E-state index is 0.0908. The summed E-state index contributed by atoms with van der Waals surface area (Å²) in [6, 6.07) is 2.87. The third-order valence-corrected chi connectivity index (χ3v) is 2.71. The number of rotatable bonds is 6. The molecule has 108 valence electrons. The largest absolute Gasteiger partial charge is 0.488 e. The van der Waals surface area contributed by atoms with Crippen LogP contribution in [0.15, 0.2) is 30.9 Å². The summed E-state index contributed by atoms with van der Waals surface area (Å²) in [4.78, 5) is 3.96. The van der Waals surface area contributed by atoms with Crippen molar-refractivity contribution in [3.8, 4) is 5.75 Å². The van der Waals surface area contributed by atoms with Crippen LogP contribution in [0.25, 0.3) is 0 Å². The van der Waals surface area contributed by atoms with Crippen LogP contribution in [0.5, 0.6) is 5.75 Å². The highest BCUT2D eigenvalue weighted by atomic mass is 19.1. The van der Waals surface area contributed by atoms with Gasteiger partial charge in [-0.1, -0.05) is 0 Å². The van der Waals surface area contributed by atoms with Gasteiger partial charge in [-0.25, -0.2) is 9.37 Å². The van der Waals surface area contributed by atoms with Crippen molar-refractivity contribution in [1.82, 2.24) is 9.55 Å². The van der Waals surface area contributed by atoms with Crippen LogP contribution in [0.3, 0.4) is 0 Å². The molecule has 1 aromatic carbocycles. The van der Waals surface area contributed by atoms with Crippen molar-refractivity contribution >= 4 is 11.4 Å². The van der Waals surface area contributed by atoms with Gasteiger partial charge in [-0.15, -0.1) is 0 Å². The summed E-state index contributed by atoms with van der Waals surface area (Å²) in [6.07, 6.45) is 5.25. The van der Waals surface area contributed by atoms with Crippen molar-refractivity contribution in [1.29, 1.82) is 0 Å². The standard InChI is InChI=1S/C14H19FN4O/c1-10(2)20-14-8-13(12(16)7-11(14)15)18-4-6-19-5-3-17-9-19/h3,5,7-10,18H,4,6,16H2,1-2H3. The van der Waals surface area contributed by atoms with E-state index in [1.807, 2.05) is 24.6 Å². The molecule has 0 unspecified atom stereocenters. The summed E-state index contributed by atoms with van der Waals surface area (Å²) in [5.41, 5.74) is 6.84. The number of nitrogens with zero attached hydrogens (tertiary/aromatic N) is 2. The van der Waals surface area contributed by atoms with Gasteiger partial charge in [0.05, 0.1) is 23.8 Å². The fourth-order valence-corrected chi connectivity index (χ4v) is 1.80. The zero-order valence-corrected chi connectivity index (χ0v) is 11.6. The number of hydrogen-bond donors (Lipinski definition) is 2. The number of nitrogens with one attached hydrogen (secondary N) is 1. The number of imidazole rings is 1. The molecule has 0 spiro atoms. The number of anilines is 2. The molecule has 0 aliphatic heterocycles. The molecule has 0 radical (unpaired) electrons. The lowest BCUT2D eigenvalue weighted by Crippen LogP contribution is -2.12. The molecule has 0 aliphatic rings. The van der Waals surface area contributed by atoms with Crippen LogP contribution in [0.1, 0.15) is 13.8 Å². The van der Waals surface area contributed by atoms with Gasteiger partial charge in [-0.05, 0) is 13.8 Å². The number of hydrogen-bond acceptors (Lipinski definition) is 4. The average molecular weight is 278 g/mol. The molecule has 0 saturated carbocycles. The fraction of sp³-hybridized carbons (Fsp3) is 0.357. The van der Waals surface area contributed by atoms with Crippen LogP contribution in [-0.4, -0.2) is 22.2 Å². The van der Waals surface area contributed by atoms with Gasteiger partial charge in [0.25, 0.3) is 0 Å². The molecule has 0 fully saturated rings. The first kappa shape index (κ1) is 14.2. The molecule has 6 heteroatoms. The topological polar surface area (TPSA) is 65.1 Å². The lowest BCUT2D eigenvalue weighted by Gasteiger charge is -2.15. The number of nitrogen functional groups attached to an aromatic ring is 1. The van der Waals surface area contributed by atoms with Crippen molar-refractivity contribution in [3.05, 3.63) is 36.7 Å². The molecule has 0 amide bonds. The van der Waals surface area contributed by atoms with Gasteiger partial charge in [0, 0.05) is 37.6 Å². The average Bonchev–Trinajstić information content (AvgIpc) is 2.87. The molecular weight excluding hydrogens is 259 g/mol. The summed E-state index contributed by atoms with van der Waals surface area (Å²) in [6.45, 7) is 5.11. The van der Waals surface area contributed by atoms with Crippen LogP contribution >= 0.6 is 0 Å². The van der Waals surface area contributed by atoms with Gasteiger partial charge in [-0.2, -0.15) is 0 Å². The molecule has 1 aromatic heterocycles. The van der Waals surface area contributed by atoms with E-state index in [9.17, 15) is 4.39 Å². The molecule has 2 aromatic rings. The Kier molecular flexibility index (Phi) is 4.45. The van der Waals surface area contributed by atoms with E-state index in [2.05, 4.69) is 10.3 Å². The van der Waals surface area contributed by atoms with Gasteiger partial charge in [-0.3, -0.25) is 0 Å². The van der Waals surface area contributed by atoms with E-state index in [-0.39, 0.29) is 11.9 Å². The lowest BCUT2D eigenvalue weighted by atomic mass is 10.2. The van der Waals surface area contributed by atoms with Crippen molar-refractivity contribution < 1.29 is 9.13 Å². The van der Waals surface area contributed by atoms with Crippen LogP contribution in [0, 0.1) is 5.82 Å². The number of nitrogens with two attached hydrogens (primary N) is 1. The summed E-state index contributed by atoms with van der Waals surface area (Å²) in [5, 5.41) is 3.17. The first-order valence-corrected chi connectivity index (χ1v) is 6.51. The first-order chi connectivity index (χ1) is 9.56. The second-order valence-corrected chi connectivity index (χ2v) is 4.76. The third kappa shape index (κ3) is 3.63.